The molecule has 94 valence electrons. The first-order valence-corrected chi connectivity index (χ1v) is 6.10. The monoisotopic (exact) mass is 247 g/mol. The van der Waals surface area contributed by atoms with E-state index in [-0.39, 0.29) is 17.1 Å². The Balaban J connectivity index is 1.89. The van der Waals surface area contributed by atoms with Crippen molar-refractivity contribution in [2.45, 2.75) is 26.2 Å². The molecule has 1 amide bonds. The molecule has 1 aliphatic rings. The highest BCUT2D eigenvalue weighted by Crippen LogP contribution is 2.49. The van der Waals surface area contributed by atoms with Gasteiger partial charge < -0.3 is 5.32 Å². The molecular weight excluding hydrogens is 233 g/mol. The second kappa shape index (κ2) is 3.80. The van der Waals surface area contributed by atoms with E-state index in [2.05, 4.69) is 15.5 Å². The third-order valence-corrected chi connectivity index (χ3v) is 3.77. The highest BCUT2D eigenvalue weighted by atomic mass is 19.1. The highest BCUT2D eigenvalue weighted by molar-refractivity contribution is 6.02. The van der Waals surface area contributed by atoms with Crippen LogP contribution in [0.1, 0.15) is 26.2 Å². The lowest BCUT2D eigenvalue weighted by atomic mass is 10.0. The molecule has 1 aromatic carbocycles. The summed E-state index contributed by atoms with van der Waals surface area (Å²) in [5.41, 5.74) is 0.386. The Hall–Kier alpha value is -1.91. The summed E-state index contributed by atoms with van der Waals surface area (Å²) in [6.07, 6.45) is 2.72. The summed E-state index contributed by atoms with van der Waals surface area (Å²) in [7, 11) is 0. The first kappa shape index (κ1) is 11.2. The SMILES string of the molecule is CCC1(C(=O)Nc2n[nH]c3cc(F)ccc23)CC1. The molecule has 1 aromatic heterocycles. The van der Waals surface area contributed by atoms with Gasteiger partial charge in [0.1, 0.15) is 5.82 Å². The predicted octanol–water partition coefficient (Wildman–Crippen LogP) is 2.83. The van der Waals surface area contributed by atoms with E-state index in [9.17, 15) is 9.18 Å². The highest BCUT2D eigenvalue weighted by Gasteiger charge is 2.48. The molecule has 2 N–H and O–H groups in total. The van der Waals surface area contributed by atoms with Crippen molar-refractivity contribution in [2.24, 2.45) is 5.41 Å². The summed E-state index contributed by atoms with van der Waals surface area (Å²) < 4.78 is 13.0. The summed E-state index contributed by atoms with van der Waals surface area (Å²) in [5.74, 6) is 0.175. The van der Waals surface area contributed by atoms with Gasteiger partial charge in [0.05, 0.1) is 5.52 Å². The quantitative estimate of drug-likeness (QED) is 0.876. The number of hydrogen-bond acceptors (Lipinski definition) is 2. The number of aromatic amines is 1. The molecule has 5 heteroatoms. The van der Waals surface area contributed by atoms with Gasteiger partial charge in [-0.3, -0.25) is 9.89 Å². The van der Waals surface area contributed by atoms with Crippen molar-refractivity contribution >= 4 is 22.6 Å². The number of aromatic nitrogens is 2. The molecule has 1 heterocycles. The van der Waals surface area contributed by atoms with Crippen LogP contribution in [0, 0.1) is 11.2 Å². The molecule has 1 fully saturated rings. The number of anilines is 1. The molecule has 0 bridgehead atoms. The van der Waals surface area contributed by atoms with E-state index in [0.717, 1.165) is 24.6 Å². The van der Waals surface area contributed by atoms with Crippen LogP contribution in [0.5, 0.6) is 0 Å². The Labute approximate surface area is 104 Å². The minimum atomic E-state index is -0.323. The van der Waals surface area contributed by atoms with E-state index in [4.69, 9.17) is 0 Å². The minimum Gasteiger partial charge on any atom is -0.308 e. The number of benzene rings is 1. The summed E-state index contributed by atoms with van der Waals surface area (Å²) in [6.45, 7) is 2.02. The van der Waals surface area contributed by atoms with E-state index >= 15 is 0 Å². The van der Waals surface area contributed by atoms with E-state index in [1.807, 2.05) is 6.92 Å². The third-order valence-electron chi connectivity index (χ3n) is 3.77. The molecule has 18 heavy (non-hydrogen) atoms. The van der Waals surface area contributed by atoms with Crippen LogP contribution < -0.4 is 5.32 Å². The van der Waals surface area contributed by atoms with Crippen molar-refractivity contribution in [2.75, 3.05) is 5.32 Å². The molecule has 0 unspecified atom stereocenters. The van der Waals surface area contributed by atoms with Crippen LogP contribution in [0.2, 0.25) is 0 Å². The fourth-order valence-corrected chi connectivity index (χ4v) is 2.22. The molecule has 0 radical (unpaired) electrons. The van der Waals surface area contributed by atoms with Gasteiger partial charge in [0, 0.05) is 10.8 Å². The maximum atomic E-state index is 13.0. The maximum Gasteiger partial charge on any atom is 0.231 e. The largest absolute Gasteiger partial charge is 0.308 e. The van der Waals surface area contributed by atoms with Crippen molar-refractivity contribution in [3.05, 3.63) is 24.0 Å². The van der Waals surface area contributed by atoms with Crippen LogP contribution >= 0.6 is 0 Å². The van der Waals surface area contributed by atoms with Crippen molar-refractivity contribution in [1.82, 2.24) is 10.2 Å². The van der Waals surface area contributed by atoms with Gasteiger partial charge >= 0.3 is 0 Å². The van der Waals surface area contributed by atoms with Gasteiger partial charge in [-0.1, -0.05) is 6.92 Å². The number of halogens is 1. The normalized spacial score (nSPS) is 16.8. The van der Waals surface area contributed by atoms with Crippen molar-refractivity contribution in [1.29, 1.82) is 0 Å². The Kier molecular flexibility index (Phi) is 2.36. The zero-order valence-electron chi connectivity index (χ0n) is 10.1. The van der Waals surface area contributed by atoms with Gasteiger partial charge in [-0.2, -0.15) is 5.10 Å². The average Bonchev–Trinajstić information content (AvgIpc) is 3.08. The smallest absolute Gasteiger partial charge is 0.231 e. The lowest BCUT2D eigenvalue weighted by Crippen LogP contribution is -2.23. The molecular formula is C13H14FN3O. The number of hydrogen-bond donors (Lipinski definition) is 2. The first-order chi connectivity index (χ1) is 8.64. The van der Waals surface area contributed by atoms with E-state index in [0.29, 0.717) is 11.3 Å². The van der Waals surface area contributed by atoms with Crippen LogP contribution in [0.3, 0.4) is 0 Å². The molecule has 0 spiro atoms. The van der Waals surface area contributed by atoms with Crippen LogP contribution in [-0.4, -0.2) is 16.1 Å². The molecule has 4 nitrogen and oxygen atoms in total. The summed E-state index contributed by atoms with van der Waals surface area (Å²) in [5, 5.41) is 10.3. The van der Waals surface area contributed by atoms with E-state index < -0.39 is 0 Å². The Morgan fingerprint density at radius 2 is 2.33 bits per heavy atom. The van der Waals surface area contributed by atoms with Crippen LogP contribution in [0.15, 0.2) is 18.2 Å². The van der Waals surface area contributed by atoms with Crippen molar-refractivity contribution in [3.63, 3.8) is 0 Å². The second-order valence-corrected chi connectivity index (χ2v) is 4.85. The van der Waals surface area contributed by atoms with Gasteiger partial charge in [0.2, 0.25) is 5.91 Å². The number of nitrogens with one attached hydrogen (secondary N) is 2. The molecule has 1 saturated carbocycles. The van der Waals surface area contributed by atoms with Gasteiger partial charge in [-0.05, 0) is 37.5 Å². The number of fused-ring (bicyclic) bond motifs is 1. The van der Waals surface area contributed by atoms with Crippen molar-refractivity contribution in [3.8, 4) is 0 Å². The number of H-pyrrole nitrogens is 1. The molecule has 1 aliphatic carbocycles. The summed E-state index contributed by atoms with van der Waals surface area (Å²) in [6, 6.07) is 4.35. The zero-order valence-corrected chi connectivity index (χ0v) is 10.1. The lowest BCUT2D eigenvalue weighted by Gasteiger charge is -2.11. The third kappa shape index (κ3) is 1.66. The minimum absolute atomic E-state index is 0.0164. The summed E-state index contributed by atoms with van der Waals surface area (Å²) >= 11 is 0. The molecule has 0 saturated heterocycles. The number of carbonyl (C=O) groups is 1. The first-order valence-electron chi connectivity index (χ1n) is 6.10. The van der Waals surface area contributed by atoms with Crippen LogP contribution in [-0.2, 0) is 4.79 Å². The van der Waals surface area contributed by atoms with Gasteiger partial charge in [0.25, 0.3) is 0 Å². The molecule has 3 rings (SSSR count). The van der Waals surface area contributed by atoms with Crippen LogP contribution in [0.4, 0.5) is 10.2 Å². The maximum absolute atomic E-state index is 13.0. The molecule has 0 atom stereocenters. The fraction of sp³-hybridized carbons (Fsp3) is 0.385. The summed E-state index contributed by atoms with van der Waals surface area (Å²) in [4.78, 5) is 12.1. The number of rotatable bonds is 3. The Morgan fingerprint density at radius 1 is 1.56 bits per heavy atom. The standard InChI is InChI=1S/C13H14FN3O/c1-2-13(5-6-13)12(18)15-11-9-4-3-8(14)7-10(9)16-17-11/h3-4,7H,2,5-6H2,1H3,(H2,15,16,17,18). The number of amides is 1. The number of nitrogens with zero attached hydrogens (tertiary/aromatic N) is 1. The van der Waals surface area contributed by atoms with Gasteiger partial charge in [0.15, 0.2) is 5.82 Å². The Bertz CT molecular complexity index is 616. The topological polar surface area (TPSA) is 57.8 Å². The van der Waals surface area contributed by atoms with Gasteiger partial charge in [-0.15, -0.1) is 0 Å². The van der Waals surface area contributed by atoms with Crippen molar-refractivity contribution < 1.29 is 9.18 Å². The average molecular weight is 247 g/mol. The second-order valence-electron chi connectivity index (χ2n) is 4.85. The van der Waals surface area contributed by atoms with E-state index in [1.165, 1.54) is 12.1 Å². The predicted molar refractivity (Wildman–Crippen MR) is 66.6 cm³/mol. The number of carbonyl (C=O) groups excluding carboxylic acids is 1. The van der Waals surface area contributed by atoms with E-state index in [1.54, 1.807) is 6.07 Å². The molecule has 0 aliphatic heterocycles. The van der Waals surface area contributed by atoms with Gasteiger partial charge in [-0.25, -0.2) is 4.39 Å². The molecule has 2 aromatic rings. The fourth-order valence-electron chi connectivity index (χ4n) is 2.22. The van der Waals surface area contributed by atoms with Crippen LogP contribution in [0.25, 0.3) is 10.9 Å². The zero-order chi connectivity index (χ0) is 12.8. The Morgan fingerprint density at radius 3 is 3.00 bits per heavy atom. The lowest BCUT2D eigenvalue weighted by molar-refractivity contribution is -0.121.